The van der Waals surface area contributed by atoms with Crippen LogP contribution in [0.15, 0.2) is 47.5 Å². The van der Waals surface area contributed by atoms with Crippen molar-refractivity contribution in [1.29, 1.82) is 0 Å². The summed E-state index contributed by atoms with van der Waals surface area (Å²) in [4.78, 5) is 24.8. The summed E-state index contributed by atoms with van der Waals surface area (Å²) in [5.41, 5.74) is -0.134. The molecular weight excluding hydrogens is 324 g/mol. The Bertz CT molecular complexity index is 849. The lowest BCUT2D eigenvalue weighted by molar-refractivity contribution is -0.384. The van der Waals surface area contributed by atoms with Gasteiger partial charge in [-0.15, -0.1) is 0 Å². The van der Waals surface area contributed by atoms with E-state index >= 15 is 0 Å². The van der Waals surface area contributed by atoms with Crippen LogP contribution in [0, 0.1) is 10.1 Å². The zero-order valence-electron chi connectivity index (χ0n) is 11.9. The minimum absolute atomic E-state index is 0.0606. The molecule has 9 nitrogen and oxygen atoms in total. The summed E-state index contributed by atoms with van der Waals surface area (Å²) in [7, 11) is -3.98. The second kappa shape index (κ2) is 6.40. The Balaban J connectivity index is 2.31. The van der Waals surface area contributed by atoms with E-state index in [4.69, 9.17) is 0 Å². The number of aromatic nitrogens is 1. The number of nitro benzene ring substituents is 1. The van der Waals surface area contributed by atoms with Crippen LogP contribution in [-0.4, -0.2) is 24.2 Å². The molecule has 0 unspecified atom stereocenters. The van der Waals surface area contributed by atoms with E-state index in [0.29, 0.717) is 0 Å². The molecule has 0 aliphatic heterocycles. The highest BCUT2D eigenvalue weighted by Crippen LogP contribution is 2.23. The second-order valence-electron chi connectivity index (χ2n) is 4.44. The molecule has 0 spiro atoms. The van der Waals surface area contributed by atoms with Crippen molar-refractivity contribution in [2.75, 3.05) is 10.0 Å². The first-order chi connectivity index (χ1) is 10.8. The van der Waals surface area contributed by atoms with Crippen molar-refractivity contribution in [2.45, 2.75) is 11.8 Å². The molecule has 1 heterocycles. The monoisotopic (exact) mass is 336 g/mol. The van der Waals surface area contributed by atoms with Crippen molar-refractivity contribution in [3.8, 4) is 0 Å². The van der Waals surface area contributed by atoms with Crippen molar-refractivity contribution >= 4 is 33.1 Å². The van der Waals surface area contributed by atoms with Gasteiger partial charge in [0.05, 0.1) is 15.5 Å². The number of nitro groups is 1. The Kier molecular flexibility index (Phi) is 4.55. The van der Waals surface area contributed by atoms with E-state index in [1.807, 2.05) is 0 Å². The molecule has 0 bridgehead atoms. The molecule has 120 valence electrons. The molecule has 1 aromatic carbocycles. The second-order valence-corrected chi connectivity index (χ2v) is 6.12. The van der Waals surface area contributed by atoms with Crippen molar-refractivity contribution < 1.29 is 18.1 Å². The van der Waals surface area contributed by atoms with E-state index < -0.39 is 20.9 Å². The molecule has 0 fully saturated rings. The van der Waals surface area contributed by atoms with Gasteiger partial charge >= 0.3 is 0 Å². The molecule has 0 aliphatic rings. The Labute approximate surface area is 131 Å². The van der Waals surface area contributed by atoms with Crippen LogP contribution in [0.3, 0.4) is 0 Å². The highest BCUT2D eigenvalue weighted by atomic mass is 32.2. The maximum atomic E-state index is 12.3. The maximum absolute atomic E-state index is 12.3. The van der Waals surface area contributed by atoms with Gasteiger partial charge in [0.25, 0.3) is 15.7 Å². The quantitative estimate of drug-likeness (QED) is 0.631. The zero-order chi connectivity index (χ0) is 17.0. The van der Waals surface area contributed by atoms with Gasteiger partial charge in [-0.1, -0.05) is 0 Å². The molecule has 0 saturated carbocycles. The van der Waals surface area contributed by atoms with Gasteiger partial charge in [0.1, 0.15) is 0 Å². The predicted molar refractivity (Wildman–Crippen MR) is 82.4 cm³/mol. The number of nitrogens with zero attached hydrogens (tertiary/aromatic N) is 2. The van der Waals surface area contributed by atoms with E-state index in [1.165, 1.54) is 25.3 Å². The van der Waals surface area contributed by atoms with Gasteiger partial charge in [0.2, 0.25) is 5.91 Å². The summed E-state index contributed by atoms with van der Waals surface area (Å²) in [6.45, 7) is 1.27. The van der Waals surface area contributed by atoms with Crippen LogP contribution in [0.5, 0.6) is 0 Å². The molecule has 10 heteroatoms. The number of non-ortho nitro benzene ring substituents is 1. The first-order valence-electron chi connectivity index (χ1n) is 6.29. The summed E-state index contributed by atoms with van der Waals surface area (Å²) in [6, 6.07) is 7.35. The SMILES string of the molecule is CC(=O)Nc1ncccc1NS(=O)(=O)c1ccc([N+](=O)[O-])cc1. The normalized spacial score (nSPS) is 10.8. The number of amides is 1. The van der Waals surface area contributed by atoms with Gasteiger partial charge in [-0.25, -0.2) is 13.4 Å². The molecule has 0 atom stereocenters. The van der Waals surface area contributed by atoms with Gasteiger partial charge < -0.3 is 5.32 Å². The van der Waals surface area contributed by atoms with Crippen LogP contribution in [0.25, 0.3) is 0 Å². The molecule has 2 rings (SSSR count). The average molecular weight is 336 g/mol. The van der Waals surface area contributed by atoms with Crippen molar-refractivity contribution in [3.05, 3.63) is 52.7 Å². The third-order valence-electron chi connectivity index (χ3n) is 2.70. The number of carbonyl (C=O) groups excluding carboxylic acids is 1. The van der Waals surface area contributed by atoms with E-state index in [9.17, 15) is 23.3 Å². The summed E-state index contributed by atoms with van der Waals surface area (Å²) >= 11 is 0. The standard InChI is InChI=1S/C13H12N4O5S/c1-9(18)15-13-12(3-2-8-14-13)16-23(21,22)11-6-4-10(5-7-11)17(19)20/h2-8,16H,1H3,(H,14,15,18). The summed E-state index contributed by atoms with van der Waals surface area (Å²) in [5.74, 6) is -0.343. The number of sulfonamides is 1. The van der Waals surface area contributed by atoms with Gasteiger partial charge in [-0.2, -0.15) is 0 Å². The van der Waals surface area contributed by atoms with E-state index in [-0.39, 0.29) is 22.1 Å². The predicted octanol–water partition coefficient (Wildman–Crippen LogP) is 1.75. The Morgan fingerprint density at radius 3 is 2.43 bits per heavy atom. The van der Waals surface area contributed by atoms with Crippen LogP contribution in [0.1, 0.15) is 6.92 Å². The minimum atomic E-state index is -3.98. The van der Waals surface area contributed by atoms with Gasteiger partial charge in [-0.3, -0.25) is 19.6 Å². The topological polar surface area (TPSA) is 131 Å². The number of carbonyl (C=O) groups is 1. The fourth-order valence-corrected chi connectivity index (χ4v) is 2.77. The first kappa shape index (κ1) is 16.4. The molecule has 0 saturated heterocycles. The number of rotatable bonds is 5. The molecule has 1 amide bonds. The van der Waals surface area contributed by atoms with Gasteiger partial charge in [-0.05, 0) is 24.3 Å². The summed E-state index contributed by atoms with van der Waals surface area (Å²) in [5, 5.41) is 13.0. The summed E-state index contributed by atoms with van der Waals surface area (Å²) < 4.78 is 26.9. The number of anilines is 2. The Morgan fingerprint density at radius 1 is 1.22 bits per heavy atom. The van der Waals surface area contributed by atoms with Crippen molar-refractivity contribution in [2.24, 2.45) is 0 Å². The van der Waals surface area contributed by atoms with Gasteiger partial charge in [0, 0.05) is 25.3 Å². The fraction of sp³-hybridized carbons (Fsp3) is 0.0769. The molecule has 2 N–H and O–H groups in total. The molecular formula is C13H12N4O5S. The number of benzene rings is 1. The number of pyridine rings is 1. The first-order valence-corrected chi connectivity index (χ1v) is 7.78. The van der Waals surface area contributed by atoms with Crippen LogP contribution in [0.4, 0.5) is 17.2 Å². The average Bonchev–Trinajstić information content (AvgIpc) is 2.48. The smallest absolute Gasteiger partial charge is 0.269 e. The van der Waals surface area contributed by atoms with E-state index in [1.54, 1.807) is 0 Å². The number of nitrogens with one attached hydrogen (secondary N) is 2. The van der Waals surface area contributed by atoms with Crippen LogP contribution >= 0.6 is 0 Å². The van der Waals surface area contributed by atoms with Gasteiger partial charge in [0.15, 0.2) is 5.82 Å². The van der Waals surface area contributed by atoms with Crippen LogP contribution in [0.2, 0.25) is 0 Å². The van der Waals surface area contributed by atoms with E-state index in [2.05, 4.69) is 15.0 Å². The largest absolute Gasteiger partial charge is 0.309 e. The zero-order valence-corrected chi connectivity index (χ0v) is 12.7. The Morgan fingerprint density at radius 2 is 1.87 bits per heavy atom. The molecule has 1 aromatic heterocycles. The lowest BCUT2D eigenvalue weighted by Gasteiger charge is -2.11. The highest BCUT2D eigenvalue weighted by Gasteiger charge is 2.18. The molecule has 23 heavy (non-hydrogen) atoms. The molecule has 0 aliphatic carbocycles. The Hall–Kier alpha value is -3.01. The van der Waals surface area contributed by atoms with E-state index in [0.717, 1.165) is 24.3 Å². The van der Waals surface area contributed by atoms with Crippen molar-refractivity contribution in [1.82, 2.24) is 4.98 Å². The van der Waals surface area contributed by atoms with Crippen LogP contribution in [-0.2, 0) is 14.8 Å². The van der Waals surface area contributed by atoms with Crippen LogP contribution < -0.4 is 10.0 Å². The number of hydrogen-bond donors (Lipinski definition) is 2. The lowest BCUT2D eigenvalue weighted by atomic mass is 10.3. The van der Waals surface area contributed by atoms with Crippen molar-refractivity contribution in [3.63, 3.8) is 0 Å². The molecule has 0 radical (unpaired) electrons. The third-order valence-corrected chi connectivity index (χ3v) is 4.09. The lowest BCUT2D eigenvalue weighted by Crippen LogP contribution is -2.16. The highest BCUT2D eigenvalue weighted by molar-refractivity contribution is 7.92. The third kappa shape index (κ3) is 4.01. The maximum Gasteiger partial charge on any atom is 0.269 e. The molecule has 2 aromatic rings. The number of hydrogen-bond acceptors (Lipinski definition) is 6. The fourth-order valence-electron chi connectivity index (χ4n) is 1.70. The minimum Gasteiger partial charge on any atom is -0.309 e. The summed E-state index contributed by atoms with van der Waals surface area (Å²) in [6.07, 6.45) is 1.40.